The number of hydrogen-bond donors (Lipinski definition) is 0. The van der Waals surface area contributed by atoms with Crippen molar-refractivity contribution in [1.82, 2.24) is 0 Å². The van der Waals surface area contributed by atoms with Crippen molar-refractivity contribution in [2.24, 2.45) is 0 Å². The Kier molecular flexibility index (Phi) is 8.05. The van der Waals surface area contributed by atoms with Crippen molar-refractivity contribution in [3.63, 3.8) is 0 Å². The van der Waals surface area contributed by atoms with Crippen LogP contribution < -0.4 is 4.90 Å². The van der Waals surface area contributed by atoms with Gasteiger partial charge >= 0.3 is 0 Å². The van der Waals surface area contributed by atoms with E-state index in [1.165, 1.54) is 97.5 Å². The Balaban J connectivity index is 1.08. The zero-order valence-corrected chi connectivity index (χ0v) is 36.9. The molecule has 0 aromatic heterocycles. The Bertz CT molecular complexity index is 3500. The van der Waals surface area contributed by atoms with Crippen molar-refractivity contribution in [2.45, 2.75) is 30.4 Å². The van der Waals surface area contributed by atoms with Crippen molar-refractivity contribution in [1.29, 1.82) is 0 Å². The van der Waals surface area contributed by atoms with E-state index in [2.05, 4.69) is 241 Å². The molecule has 0 radical (unpaired) electrons. The number of benzene rings is 10. The number of fused-ring (bicyclic) bond motifs is 18. The number of nitrogens with zero attached hydrogens (tertiary/aromatic N) is 1. The molecule has 10 aromatic rings. The van der Waals surface area contributed by atoms with Crippen molar-refractivity contribution in [3.05, 3.63) is 281 Å². The minimum Gasteiger partial charge on any atom is -0.309 e. The maximum absolute atomic E-state index is 2.57. The van der Waals surface area contributed by atoms with E-state index in [1.54, 1.807) is 0 Å². The van der Waals surface area contributed by atoms with Crippen LogP contribution in [-0.2, 0) is 10.8 Å². The average molecular weight is 862 g/mol. The van der Waals surface area contributed by atoms with E-state index in [1.807, 2.05) is 23.5 Å². The number of anilines is 3. The first kappa shape index (κ1) is 37.1. The molecule has 0 saturated heterocycles. The van der Waals surface area contributed by atoms with E-state index in [0.29, 0.717) is 0 Å². The normalized spacial score (nSPS) is 14.6. The van der Waals surface area contributed by atoms with E-state index in [9.17, 15) is 0 Å². The Hall–Kier alpha value is -7.30. The smallest absolute Gasteiger partial charge is 0.0736 e. The number of hydrogen-bond acceptors (Lipinski definition) is 3. The fraction of sp³-hybridized carbons (Fsp3) is 0.0323. The summed E-state index contributed by atoms with van der Waals surface area (Å²) in [4.78, 5) is 7.81. The van der Waals surface area contributed by atoms with Crippen LogP contribution in [0.3, 0.4) is 0 Å². The quantitative estimate of drug-likeness (QED) is 0.174. The summed E-state index contributed by atoms with van der Waals surface area (Å²) in [5.41, 5.74) is 20.6. The third-order valence-corrected chi connectivity index (χ3v) is 16.7. The maximum Gasteiger partial charge on any atom is 0.0736 e. The van der Waals surface area contributed by atoms with Gasteiger partial charge in [0.15, 0.2) is 0 Å². The van der Waals surface area contributed by atoms with Gasteiger partial charge in [0.2, 0.25) is 0 Å². The predicted octanol–water partition coefficient (Wildman–Crippen LogP) is 16.5. The van der Waals surface area contributed by atoms with Crippen LogP contribution in [0, 0.1) is 0 Å². The van der Waals surface area contributed by atoms with Gasteiger partial charge in [-0.05, 0) is 115 Å². The molecule has 1 nitrogen and oxygen atoms in total. The summed E-state index contributed by atoms with van der Waals surface area (Å²) in [6, 6.07) is 88.9. The maximum atomic E-state index is 2.57. The van der Waals surface area contributed by atoms with Gasteiger partial charge in [-0.3, -0.25) is 0 Å². The molecule has 2 heterocycles. The molecule has 0 amide bonds. The van der Waals surface area contributed by atoms with Gasteiger partial charge in [-0.25, -0.2) is 0 Å². The first-order chi connectivity index (χ1) is 32.3. The van der Waals surface area contributed by atoms with Gasteiger partial charge in [0, 0.05) is 36.4 Å². The largest absolute Gasteiger partial charge is 0.309 e. The van der Waals surface area contributed by atoms with Gasteiger partial charge < -0.3 is 4.90 Å². The van der Waals surface area contributed by atoms with Crippen molar-refractivity contribution < 1.29 is 0 Å². The predicted molar refractivity (Wildman–Crippen MR) is 269 cm³/mol. The molecular formula is C62H39NS2. The molecule has 4 aliphatic rings. The van der Waals surface area contributed by atoms with E-state index in [0.717, 1.165) is 17.1 Å². The van der Waals surface area contributed by atoms with Gasteiger partial charge in [0.05, 0.1) is 22.2 Å². The Labute approximate surface area is 388 Å². The molecule has 0 saturated carbocycles. The zero-order valence-electron chi connectivity index (χ0n) is 35.3. The summed E-state index contributed by atoms with van der Waals surface area (Å²) >= 11 is 3.78. The Morgan fingerprint density at radius 3 is 1.29 bits per heavy atom. The minimum atomic E-state index is -0.492. The summed E-state index contributed by atoms with van der Waals surface area (Å²) in [5, 5.41) is 0. The highest BCUT2D eigenvalue weighted by Crippen LogP contribution is 2.66. The molecule has 0 bridgehead atoms. The number of para-hydroxylation sites is 1. The fourth-order valence-electron chi connectivity index (χ4n) is 12.0. The third kappa shape index (κ3) is 4.97. The van der Waals surface area contributed by atoms with Crippen molar-refractivity contribution in [3.8, 4) is 33.4 Å². The molecule has 0 unspecified atom stereocenters. The van der Waals surface area contributed by atoms with Gasteiger partial charge in [0.25, 0.3) is 0 Å². The molecule has 10 aromatic carbocycles. The summed E-state index contributed by atoms with van der Waals surface area (Å²) < 4.78 is 0. The molecule has 2 aliphatic carbocycles. The number of rotatable bonds is 4. The fourth-order valence-corrected chi connectivity index (χ4v) is 14.4. The van der Waals surface area contributed by atoms with Crippen LogP contribution in [-0.4, -0.2) is 0 Å². The van der Waals surface area contributed by atoms with Crippen LogP contribution >= 0.6 is 23.5 Å². The summed E-state index contributed by atoms with van der Waals surface area (Å²) in [6.45, 7) is 0. The summed E-state index contributed by atoms with van der Waals surface area (Å²) in [5.74, 6) is 0. The van der Waals surface area contributed by atoms with Gasteiger partial charge in [-0.15, -0.1) is 0 Å². The van der Waals surface area contributed by atoms with Crippen LogP contribution in [0.15, 0.2) is 256 Å². The van der Waals surface area contributed by atoms with E-state index >= 15 is 0 Å². The lowest BCUT2D eigenvalue weighted by atomic mass is 9.67. The second-order valence-electron chi connectivity index (χ2n) is 17.4. The highest BCUT2D eigenvalue weighted by atomic mass is 32.2. The van der Waals surface area contributed by atoms with Gasteiger partial charge in [-0.1, -0.05) is 212 Å². The molecule has 3 heteroatoms. The molecule has 0 N–H and O–H groups in total. The van der Waals surface area contributed by atoms with Crippen LogP contribution in [0.5, 0.6) is 0 Å². The van der Waals surface area contributed by atoms with Crippen LogP contribution in [0.25, 0.3) is 33.4 Å². The topological polar surface area (TPSA) is 3.24 Å². The summed E-state index contributed by atoms with van der Waals surface area (Å²) in [7, 11) is 0. The second-order valence-corrected chi connectivity index (χ2v) is 19.6. The van der Waals surface area contributed by atoms with E-state index in [-0.39, 0.29) is 0 Å². The second kappa shape index (κ2) is 14.1. The Morgan fingerprint density at radius 2 is 0.692 bits per heavy atom. The molecule has 0 atom stereocenters. The zero-order chi connectivity index (χ0) is 42.7. The SMILES string of the molecule is c1ccc(-c2ccccc2N(c2ccc3c(c2)-c2ccccc2C32c3ccccc3Sc3ccccc32)c2cccc3c2-c2ccccc2C32c3ccccc3Sc3ccccc32)cc1. The lowest BCUT2D eigenvalue weighted by molar-refractivity contribution is 0.722. The first-order valence-corrected chi connectivity index (χ1v) is 24.1. The van der Waals surface area contributed by atoms with E-state index < -0.39 is 10.8 Å². The van der Waals surface area contributed by atoms with Crippen molar-refractivity contribution >= 4 is 40.6 Å². The lowest BCUT2D eigenvalue weighted by Gasteiger charge is -2.40. The van der Waals surface area contributed by atoms with Crippen LogP contribution in [0.4, 0.5) is 17.1 Å². The summed E-state index contributed by atoms with van der Waals surface area (Å²) in [6.07, 6.45) is 0. The van der Waals surface area contributed by atoms with E-state index in [4.69, 9.17) is 0 Å². The van der Waals surface area contributed by atoms with Crippen molar-refractivity contribution in [2.75, 3.05) is 4.90 Å². The molecule has 65 heavy (non-hydrogen) atoms. The average Bonchev–Trinajstić information content (AvgIpc) is 3.83. The highest BCUT2D eigenvalue weighted by Gasteiger charge is 2.52. The first-order valence-electron chi connectivity index (χ1n) is 22.4. The molecule has 304 valence electrons. The molecule has 2 aliphatic heterocycles. The standard InChI is InChI=1S/C62H39NS2/c1-2-19-40(20-3-1)42-21-6-13-31-54(42)63(41-37-38-48-45(39-41)43-22-4-7-24-46(43)61(48)49-26-9-14-33-56(49)64-57-34-15-10-27-50(57)61)55-32-18-30-53-60(55)44-23-5-8-25-47(44)62(53)51-28-11-16-35-58(51)65-59-36-17-12-29-52(59)62/h1-39H. The van der Waals surface area contributed by atoms with Gasteiger partial charge in [-0.2, -0.15) is 0 Å². The minimum absolute atomic E-state index is 0.450. The van der Waals surface area contributed by atoms with Crippen LogP contribution in [0.1, 0.15) is 44.5 Å². The monoisotopic (exact) mass is 861 g/mol. The molecule has 14 rings (SSSR count). The lowest BCUT2D eigenvalue weighted by Crippen LogP contribution is -2.32. The van der Waals surface area contributed by atoms with Gasteiger partial charge in [0.1, 0.15) is 0 Å². The molecule has 2 spiro atoms. The molecule has 0 fully saturated rings. The highest BCUT2D eigenvalue weighted by molar-refractivity contribution is 7.99. The Morgan fingerprint density at radius 1 is 0.277 bits per heavy atom. The van der Waals surface area contributed by atoms with Crippen LogP contribution in [0.2, 0.25) is 0 Å². The molecular weight excluding hydrogens is 823 g/mol. The third-order valence-electron chi connectivity index (χ3n) is 14.4.